The van der Waals surface area contributed by atoms with Crippen LogP contribution in [-0.4, -0.2) is 45.1 Å². The molecule has 1 aliphatic carbocycles. The van der Waals surface area contributed by atoms with Gasteiger partial charge in [-0.05, 0) is 50.3 Å². The van der Waals surface area contributed by atoms with E-state index in [1.807, 2.05) is 12.1 Å². The number of ether oxygens (including phenoxy) is 1. The number of pyridine rings is 1. The number of aliphatic hydroxyl groups is 1. The SMILES string of the molecule is CC(C)(O)[C@@H](C1CC1)N1Cc2cccc(NC(=O)c3ccnc4c3CCO4)c2C1=O. The third-order valence-electron chi connectivity index (χ3n) is 6.19. The fraction of sp³-hybridized carbons (Fsp3) is 0.435. The topological polar surface area (TPSA) is 91.8 Å². The van der Waals surface area contributed by atoms with Crippen molar-refractivity contribution in [3.63, 3.8) is 0 Å². The molecule has 0 bridgehead atoms. The molecule has 1 aromatic heterocycles. The highest BCUT2D eigenvalue weighted by atomic mass is 16.5. The maximum Gasteiger partial charge on any atom is 0.256 e. The standard InChI is InChI=1S/C23H25N3O4/c1-23(2,29)19(13-6-7-13)26-12-14-4-3-5-17(18(14)22(26)28)25-20(27)15-8-10-24-21-16(15)9-11-30-21/h3-5,8,10,13,19,29H,6-7,9,11-12H2,1-2H3,(H,25,27)/t19-/m1/s1. The molecule has 3 aliphatic rings. The van der Waals surface area contributed by atoms with Crippen molar-refractivity contribution in [3.8, 4) is 5.88 Å². The highest BCUT2D eigenvalue weighted by Gasteiger charge is 2.48. The average molecular weight is 407 g/mol. The molecule has 30 heavy (non-hydrogen) atoms. The minimum absolute atomic E-state index is 0.136. The van der Waals surface area contributed by atoms with Crippen LogP contribution in [0.15, 0.2) is 30.5 Å². The molecule has 2 N–H and O–H groups in total. The van der Waals surface area contributed by atoms with E-state index in [-0.39, 0.29) is 17.9 Å². The van der Waals surface area contributed by atoms with Crippen LogP contribution in [0.2, 0.25) is 0 Å². The number of fused-ring (bicyclic) bond motifs is 2. The number of hydrogen-bond acceptors (Lipinski definition) is 5. The summed E-state index contributed by atoms with van der Waals surface area (Å²) in [5.74, 6) is 0.407. The third kappa shape index (κ3) is 3.13. The number of rotatable bonds is 5. The Morgan fingerprint density at radius 2 is 2.13 bits per heavy atom. The average Bonchev–Trinajstić information content (AvgIpc) is 3.29. The van der Waals surface area contributed by atoms with Crippen molar-refractivity contribution in [1.82, 2.24) is 9.88 Å². The number of amides is 2. The molecule has 7 heteroatoms. The van der Waals surface area contributed by atoms with Crippen molar-refractivity contribution in [3.05, 3.63) is 52.7 Å². The summed E-state index contributed by atoms with van der Waals surface area (Å²) in [5, 5.41) is 13.6. The van der Waals surface area contributed by atoms with Crippen molar-refractivity contribution in [2.75, 3.05) is 11.9 Å². The fourth-order valence-electron chi connectivity index (χ4n) is 4.83. The van der Waals surface area contributed by atoms with Crippen LogP contribution in [0.3, 0.4) is 0 Å². The number of benzene rings is 1. The van der Waals surface area contributed by atoms with E-state index in [0.717, 1.165) is 24.0 Å². The molecule has 3 heterocycles. The fourth-order valence-corrected chi connectivity index (χ4v) is 4.83. The van der Waals surface area contributed by atoms with Crippen LogP contribution in [0.1, 0.15) is 58.5 Å². The highest BCUT2D eigenvalue weighted by molar-refractivity contribution is 6.11. The van der Waals surface area contributed by atoms with Crippen molar-refractivity contribution >= 4 is 17.5 Å². The lowest BCUT2D eigenvalue weighted by molar-refractivity contribution is -0.0224. The number of hydrogen-bond donors (Lipinski definition) is 2. The summed E-state index contributed by atoms with van der Waals surface area (Å²) in [5.41, 5.74) is 2.22. The van der Waals surface area contributed by atoms with Gasteiger partial charge >= 0.3 is 0 Å². The molecule has 1 atom stereocenters. The number of anilines is 1. The summed E-state index contributed by atoms with van der Waals surface area (Å²) in [6.45, 7) is 4.49. The van der Waals surface area contributed by atoms with Gasteiger partial charge in [0.25, 0.3) is 11.8 Å². The zero-order valence-corrected chi connectivity index (χ0v) is 17.1. The van der Waals surface area contributed by atoms with Gasteiger partial charge in [-0.25, -0.2) is 4.98 Å². The molecule has 7 nitrogen and oxygen atoms in total. The first-order valence-corrected chi connectivity index (χ1v) is 10.4. The molecule has 1 saturated carbocycles. The normalized spacial score (nSPS) is 18.6. The Bertz CT molecular complexity index is 1040. The minimum atomic E-state index is -0.986. The second-order valence-corrected chi connectivity index (χ2v) is 8.90. The van der Waals surface area contributed by atoms with Crippen LogP contribution in [0, 0.1) is 5.92 Å². The predicted octanol–water partition coefficient (Wildman–Crippen LogP) is 2.77. The molecular weight excluding hydrogens is 382 g/mol. The molecule has 2 amide bonds. The van der Waals surface area contributed by atoms with E-state index >= 15 is 0 Å². The largest absolute Gasteiger partial charge is 0.477 e. The number of carbonyl (C=O) groups is 2. The van der Waals surface area contributed by atoms with Gasteiger partial charge in [0.05, 0.1) is 29.5 Å². The highest BCUT2D eigenvalue weighted by Crippen LogP contribution is 2.43. The lowest BCUT2D eigenvalue weighted by atomic mass is 9.93. The van der Waals surface area contributed by atoms with Gasteiger partial charge < -0.3 is 20.1 Å². The molecular formula is C23H25N3O4. The number of nitrogens with one attached hydrogen (secondary N) is 1. The van der Waals surface area contributed by atoms with E-state index in [1.54, 1.807) is 37.1 Å². The lowest BCUT2D eigenvalue weighted by Gasteiger charge is -2.37. The van der Waals surface area contributed by atoms with Gasteiger partial charge in [0.2, 0.25) is 5.88 Å². The summed E-state index contributed by atoms with van der Waals surface area (Å²) in [7, 11) is 0. The van der Waals surface area contributed by atoms with Crippen LogP contribution in [-0.2, 0) is 13.0 Å². The first-order valence-electron chi connectivity index (χ1n) is 10.4. The van der Waals surface area contributed by atoms with Gasteiger partial charge in [0.15, 0.2) is 0 Å². The molecule has 2 aliphatic heterocycles. The molecule has 1 aromatic carbocycles. The van der Waals surface area contributed by atoms with E-state index in [9.17, 15) is 14.7 Å². The summed E-state index contributed by atoms with van der Waals surface area (Å²) in [6, 6.07) is 6.96. The maximum absolute atomic E-state index is 13.4. The number of carbonyl (C=O) groups excluding carboxylic acids is 2. The van der Waals surface area contributed by atoms with E-state index < -0.39 is 5.60 Å². The second-order valence-electron chi connectivity index (χ2n) is 8.90. The Labute approximate surface area is 175 Å². The van der Waals surface area contributed by atoms with Crippen LogP contribution in [0.5, 0.6) is 5.88 Å². The second kappa shape index (κ2) is 6.80. The molecule has 1 fully saturated rings. The molecule has 0 saturated heterocycles. The van der Waals surface area contributed by atoms with E-state index in [0.29, 0.717) is 48.2 Å². The monoisotopic (exact) mass is 407 g/mol. The van der Waals surface area contributed by atoms with Crippen LogP contribution >= 0.6 is 0 Å². The first-order chi connectivity index (χ1) is 14.3. The third-order valence-corrected chi connectivity index (χ3v) is 6.19. The molecule has 156 valence electrons. The van der Waals surface area contributed by atoms with Gasteiger partial charge in [-0.15, -0.1) is 0 Å². The quantitative estimate of drug-likeness (QED) is 0.795. The van der Waals surface area contributed by atoms with Gasteiger partial charge in [-0.3, -0.25) is 9.59 Å². The summed E-state index contributed by atoms with van der Waals surface area (Å²) < 4.78 is 5.46. The van der Waals surface area contributed by atoms with Gasteiger partial charge in [0.1, 0.15) is 0 Å². The Morgan fingerprint density at radius 1 is 1.33 bits per heavy atom. The number of aromatic nitrogens is 1. The van der Waals surface area contributed by atoms with Crippen LogP contribution < -0.4 is 10.1 Å². The molecule has 2 aromatic rings. The van der Waals surface area contributed by atoms with Crippen molar-refractivity contribution in [2.24, 2.45) is 5.92 Å². The Balaban J connectivity index is 1.44. The Kier molecular flexibility index (Phi) is 4.32. The van der Waals surface area contributed by atoms with Crippen LogP contribution in [0.4, 0.5) is 5.69 Å². The van der Waals surface area contributed by atoms with E-state index in [2.05, 4.69) is 10.3 Å². The minimum Gasteiger partial charge on any atom is -0.477 e. The van der Waals surface area contributed by atoms with Crippen molar-refractivity contribution in [2.45, 2.75) is 51.3 Å². The van der Waals surface area contributed by atoms with Gasteiger partial charge in [-0.1, -0.05) is 12.1 Å². The first kappa shape index (κ1) is 19.1. The molecule has 5 rings (SSSR count). The summed E-state index contributed by atoms with van der Waals surface area (Å²) in [6.07, 6.45) is 4.24. The van der Waals surface area contributed by atoms with Gasteiger partial charge in [-0.2, -0.15) is 0 Å². The van der Waals surface area contributed by atoms with E-state index in [1.165, 1.54) is 0 Å². The number of nitrogens with zero attached hydrogens (tertiary/aromatic N) is 2. The Hall–Kier alpha value is -2.93. The summed E-state index contributed by atoms with van der Waals surface area (Å²) >= 11 is 0. The van der Waals surface area contributed by atoms with E-state index in [4.69, 9.17) is 4.74 Å². The zero-order valence-electron chi connectivity index (χ0n) is 17.1. The lowest BCUT2D eigenvalue weighted by Crippen LogP contribution is -2.51. The van der Waals surface area contributed by atoms with Crippen molar-refractivity contribution < 1.29 is 19.4 Å². The zero-order chi connectivity index (χ0) is 21.0. The predicted molar refractivity (Wildman–Crippen MR) is 111 cm³/mol. The molecule has 0 unspecified atom stereocenters. The summed E-state index contributed by atoms with van der Waals surface area (Å²) in [4.78, 5) is 32.3. The maximum atomic E-state index is 13.4. The molecule has 0 radical (unpaired) electrons. The Morgan fingerprint density at radius 3 is 2.87 bits per heavy atom. The van der Waals surface area contributed by atoms with Gasteiger partial charge in [0, 0.05) is 30.3 Å². The van der Waals surface area contributed by atoms with Crippen LogP contribution in [0.25, 0.3) is 0 Å². The smallest absolute Gasteiger partial charge is 0.256 e. The van der Waals surface area contributed by atoms with Crippen molar-refractivity contribution in [1.29, 1.82) is 0 Å². The molecule has 0 spiro atoms.